The van der Waals surface area contributed by atoms with E-state index in [0.717, 1.165) is 6.92 Å². The number of carboxylic acid groups (broad SMARTS) is 1. The summed E-state index contributed by atoms with van der Waals surface area (Å²) >= 11 is 0. The van der Waals surface area contributed by atoms with Crippen molar-refractivity contribution in [1.82, 2.24) is 0 Å². The number of ether oxygens (including phenoxy) is 1. The van der Waals surface area contributed by atoms with Gasteiger partial charge in [0, 0.05) is 0 Å². The smallest absolute Gasteiger partial charge is 0.326 e. The van der Waals surface area contributed by atoms with Crippen LogP contribution in [0.5, 0.6) is 0 Å². The third-order valence-electron chi connectivity index (χ3n) is 2.94. The molecular formula is C9H17NO7. The van der Waals surface area contributed by atoms with Gasteiger partial charge < -0.3 is 36.0 Å². The Labute approximate surface area is 97.2 Å². The van der Waals surface area contributed by atoms with Crippen LogP contribution in [0.1, 0.15) is 6.92 Å². The zero-order valence-corrected chi connectivity index (χ0v) is 9.22. The highest BCUT2D eigenvalue weighted by Gasteiger charge is 2.52. The van der Waals surface area contributed by atoms with Crippen LogP contribution in [0.2, 0.25) is 0 Å². The Morgan fingerprint density at radius 3 is 2.24 bits per heavy atom. The molecule has 0 saturated carbocycles. The van der Waals surface area contributed by atoms with Gasteiger partial charge in [0.2, 0.25) is 0 Å². The van der Waals surface area contributed by atoms with Gasteiger partial charge in [-0.3, -0.25) is 4.79 Å². The molecule has 0 spiro atoms. The van der Waals surface area contributed by atoms with Crippen LogP contribution in [0, 0.1) is 0 Å². The lowest BCUT2D eigenvalue weighted by atomic mass is 9.84. The first-order valence-corrected chi connectivity index (χ1v) is 5.06. The van der Waals surface area contributed by atoms with E-state index in [9.17, 15) is 20.1 Å². The van der Waals surface area contributed by atoms with Crippen LogP contribution in [0.25, 0.3) is 0 Å². The normalized spacial score (nSPS) is 41.9. The Morgan fingerprint density at radius 2 is 1.82 bits per heavy atom. The van der Waals surface area contributed by atoms with Crippen LogP contribution >= 0.6 is 0 Å². The number of carboxylic acids is 1. The lowest BCUT2D eigenvalue weighted by Gasteiger charge is -2.44. The molecule has 0 aromatic rings. The molecule has 1 aliphatic rings. The molecule has 0 radical (unpaired) electrons. The fourth-order valence-corrected chi connectivity index (χ4v) is 1.72. The average Bonchev–Trinajstić information content (AvgIpc) is 2.26. The summed E-state index contributed by atoms with van der Waals surface area (Å²) < 4.78 is 5.04. The van der Waals surface area contributed by atoms with Gasteiger partial charge in [-0.15, -0.1) is 0 Å². The highest BCUT2D eigenvalue weighted by atomic mass is 16.5. The minimum Gasteiger partial charge on any atom is -0.480 e. The average molecular weight is 251 g/mol. The molecule has 8 nitrogen and oxygen atoms in total. The van der Waals surface area contributed by atoms with Crippen molar-refractivity contribution in [2.75, 3.05) is 6.61 Å². The summed E-state index contributed by atoms with van der Waals surface area (Å²) in [6.45, 7) is 0.485. The van der Waals surface area contributed by atoms with Gasteiger partial charge >= 0.3 is 5.97 Å². The van der Waals surface area contributed by atoms with Gasteiger partial charge in [0.1, 0.15) is 36.1 Å². The molecule has 0 unspecified atom stereocenters. The highest BCUT2D eigenvalue weighted by molar-refractivity contribution is 5.79. The lowest BCUT2D eigenvalue weighted by Crippen LogP contribution is -2.69. The number of aliphatic hydroxyl groups excluding tert-OH is 4. The molecule has 8 heteroatoms. The van der Waals surface area contributed by atoms with Gasteiger partial charge in [-0.1, -0.05) is 0 Å². The number of nitrogens with two attached hydrogens (primary N) is 1. The molecule has 1 saturated heterocycles. The predicted octanol–water partition coefficient (Wildman–Crippen LogP) is -3.37. The van der Waals surface area contributed by atoms with Crippen molar-refractivity contribution in [1.29, 1.82) is 0 Å². The Balaban J connectivity index is 2.97. The first-order chi connectivity index (χ1) is 7.73. The molecule has 17 heavy (non-hydrogen) atoms. The molecule has 1 heterocycles. The first-order valence-electron chi connectivity index (χ1n) is 5.06. The van der Waals surface area contributed by atoms with Crippen LogP contribution in [0.15, 0.2) is 0 Å². The maximum absolute atomic E-state index is 10.9. The van der Waals surface area contributed by atoms with E-state index in [-0.39, 0.29) is 0 Å². The van der Waals surface area contributed by atoms with Crippen LogP contribution in [0.4, 0.5) is 0 Å². The highest BCUT2D eigenvalue weighted by Crippen LogP contribution is 2.27. The number of hydrogen-bond donors (Lipinski definition) is 6. The Hall–Kier alpha value is -0.770. The summed E-state index contributed by atoms with van der Waals surface area (Å²) in [4.78, 5) is 10.9. The van der Waals surface area contributed by atoms with E-state index in [0.29, 0.717) is 0 Å². The van der Waals surface area contributed by atoms with Crippen molar-refractivity contribution in [2.45, 2.75) is 43.0 Å². The molecule has 100 valence electrons. The largest absolute Gasteiger partial charge is 0.480 e. The van der Waals surface area contributed by atoms with Crippen molar-refractivity contribution >= 4 is 5.97 Å². The monoisotopic (exact) mass is 251 g/mol. The topological polar surface area (TPSA) is 153 Å². The third kappa shape index (κ3) is 2.41. The summed E-state index contributed by atoms with van der Waals surface area (Å²) in [5, 5.41) is 46.4. The van der Waals surface area contributed by atoms with Crippen molar-refractivity contribution in [3.05, 3.63) is 0 Å². The molecule has 1 rings (SSSR count). The molecule has 0 bridgehead atoms. The molecule has 1 aliphatic heterocycles. The number of carbonyl (C=O) groups is 1. The van der Waals surface area contributed by atoms with Crippen LogP contribution in [0.3, 0.4) is 0 Å². The van der Waals surface area contributed by atoms with E-state index < -0.39 is 48.6 Å². The quantitative estimate of drug-likeness (QED) is 0.304. The SMILES string of the molecule is C[C@](N)(C(=O)O)[C@@H]1O[C@H](CO)[C@@H](O)[C@@H](O)[C@H]1O. The zero-order valence-electron chi connectivity index (χ0n) is 9.22. The van der Waals surface area contributed by atoms with Crippen molar-refractivity contribution in [3.8, 4) is 0 Å². The lowest BCUT2D eigenvalue weighted by molar-refractivity contribution is -0.243. The number of aliphatic hydroxyl groups is 4. The van der Waals surface area contributed by atoms with Crippen LogP contribution < -0.4 is 5.73 Å². The van der Waals surface area contributed by atoms with Gasteiger partial charge in [0.25, 0.3) is 0 Å². The van der Waals surface area contributed by atoms with Gasteiger partial charge in [0.15, 0.2) is 0 Å². The van der Waals surface area contributed by atoms with E-state index in [1.165, 1.54) is 0 Å². The summed E-state index contributed by atoms with van der Waals surface area (Å²) in [5.74, 6) is -1.43. The number of hydrogen-bond acceptors (Lipinski definition) is 7. The molecule has 0 amide bonds. The minimum atomic E-state index is -1.95. The molecular weight excluding hydrogens is 234 g/mol. The molecule has 7 N–H and O–H groups in total. The van der Waals surface area contributed by atoms with Gasteiger partial charge in [-0.05, 0) is 6.92 Å². The third-order valence-corrected chi connectivity index (χ3v) is 2.94. The second-order valence-electron chi connectivity index (χ2n) is 4.34. The van der Waals surface area contributed by atoms with Crippen molar-refractivity contribution in [2.24, 2.45) is 5.73 Å². The zero-order chi connectivity index (χ0) is 13.4. The van der Waals surface area contributed by atoms with Crippen molar-refractivity contribution in [3.63, 3.8) is 0 Å². The maximum Gasteiger partial charge on any atom is 0.326 e. The number of aliphatic carboxylic acids is 1. The minimum absolute atomic E-state index is 0.628. The molecule has 1 fully saturated rings. The van der Waals surface area contributed by atoms with Crippen molar-refractivity contribution < 1.29 is 35.1 Å². The number of rotatable bonds is 3. The van der Waals surface area contributed by atoms with Gasteiger partial charge in [0.05, 0.1) is 6.61 Å². The molecule has 0 aliphatic carbocycles. The van der Waals surface area contributed by atoms with Crippen LogP contribution in [-0.4, -0.2) is 74.2 Å². The Morgan fingerprint density at radius 1 is 1.29 bits per heavy atom. The first kappa shape index (κ1) is 14.3. The van der Waals surface area contributed by atoms with Gasteiger partial charge in [-0.25, -0.2) is 0 Å². The van der Waals surface area contributed by atoms with Gasteiger partial charge in [-0.2, -0.15) is 0 Å². The summed E-state index contributed by atoms with van der Waals surface area (Å²) in [7, 11) is 0. The van der Waals surface area contributed by atoms with Crippen LogP contribution in [-0.2, 0) is 9.53 Å². The van der Waals surface area contributed by atoms with E-state index >= 15 is 0 Å². The predicted molar refractivity (Wildman–Crippen MR) is 54.0 cm³/mol. The molecule has 0 aromatic heterocycles. The Kier molecular flexibility index (Phi) is 4.07. The second-order valence-corrected chi connectivity index (χ2v) is 4.34. The molecule has 0 aromatic carbocycles. The Bertz CT molecular complexity index is 293. The fourth-order valence-electron chi connectivity index (χ4n) is 1.72. The summed E-state index contributed by atoms with van der Waals surface area (Å²) in [6.07, 6.45) is -7.42. The summed E-state index contributed by atoms with van der Waals surface area (Å²) in [5.41, 5.74) is 3.54. The standard InChI is InChI=1S/C9H17NO7/c1-9(10,8(15)16)7-6(14)5(13)4(12)3(2-11)17-7/h3-7,11-14H,2,10H2,1H3,(H,15,16)/t3-,4-,5-,6-,7-,9-/m1/s1. The van der Waals surface area contributed by atoms with E-state index in [4.69, 9.17) is 20.7 Å². The summed E-state index contributed by atoms with van der Waals surface area (Å²) in [6, 6.07) is 0. The van der Waals surface area contributed by atoms with E-state index in [1.807, 2.05) is 0 Å². The van der Waals surface area contributed by atoms with E-state index in [2.05, 4.69) is 0 Å². The van der Waals surface area contributed by atoms with E-state index in [1.54, 1.807) is 0 Å². The fraction of sp³-hybridized carbons (Fsp3) is 0.889. The second kappa shape index (κ2) is 4.84. The molecule has 6 atom stereocenters. The maximum atomic E-state index is 10.9.